The van der Waals surface area contributed by atoms with Gasteiger partial charge in [0.15, 0.2) is 0 Å². The highest BCUT2D eigenvalue weighted by atomic mass is 16.5. The van der Waals surface area contributed by atoms with Crippen LogP contribution < -0.4 is 10.2 Å². The lowest BCUT2D eigenvalue weighted by Crippen LogP contribution is -2.43. The molecular weight excluding hydrogens is 342 g/mol. The van der Waals surface area contributed by atoms with Crippen LogP contribution >= 0.6 is 0 Å². The zero-order chi connectivity index (χ0) is 19.2. The molecule has 1 aromatic rings. The zero-order valence-electron chi connectivity index (χ0n) is 16.9. The fourth-order valence-corrected chi connectivity index (χ4v) is 3.85. The molecule has 2 aliphatic heterocycles. The quantitative estimate of drug-likeness (QED) is 0.816. The predicted molar refractivity (Wildman–Crippen MR) is 106 cm³/mol. The Labute approximate surface area is 162 Å². The molecular formula is C20H33N5O2. The van der Waals surface area contributed by atoms with E-state index in [0.717, 1.165) is 31.9 Å². The van der Waals surface area contributed by atoms with E-state index in [1.54, 1.807) is 6.20 Å². The number of hydrogen-bond acceptors (Lipinski definition) is 6. The summed E-state index contributed by atoms with van der Waals surface area (Å²) in [7, 11) is 0. The molecule has 0 aliphatic carbocycles. The molecule has 0 aromatic carbocycles. The van der Waals surface area contributed by atoms with Gasteiger partial charge in [-0.05, 0) is 45.6 Å². The lowest BCUT2D eigenvalue weighted by molar-refractivity contribution is 0.0920. The van der Waals surface area contributed by atoms with Crippen molar-refractivity contribution < 1.29 is 9.53 Å². The number of aryl methyl sites for hydroxylation is 1. The summed E-state index contributed by atoms with van der Waals surface area (Å²) in [6.45, 7) is 12.4. The maximum absolute atomic E-state index is 12.7. The highest BCUT2D eigenvalue weighted by Crippen LogP contribution is 2.18. The molecule has 1 atom stereocenters. The Bertz CT molecular complexity index is 631. The monoisotopic (exact) mass is 375 g/mol. The first kappa shape index (κ1) is 20.0. The summed E-state index contributed by atoms with van der Waals surface area (Å²) in [5, 5.41) is 3.12. The molecule has 150 valence electrons. The van der Waals surface area contributed by atoms with Gasteiger partial charge in [0, 0.05) is 38.4 Å². The number of piperidine rings is 1. The van der Waals surface area contributed by atoms with E-state index in [0.29, 0.717) is 43.1 Å². The summed E-state index contributed by atoms with van der Waals surface area (Å²) in [5.41, 5.74) is 1.42. The molecule has 1 aromatic heterocycles. The van der Waals surface area contributed by atoms with E-state index < -0.39 is 0 Å². The van der Waals surface area contributed by atoms with Crippen molar-refractivity contribution in [3.63, 3.8) is 0 Å². The fourth-order valence-electron chi connectivity index (χ4n) is 3.85. The highest BCUT2D eigenvalue weighted by molar-refractivity contribution is 5.95. The molecule has 0 unspecified atom stereocenters. The zero-order valence-corrected chi connectivity index (χ0v) is 16.9. The molecule has 27 heavy (non-hydrogen) atoms. The standard InChI is InChI=1S/C20H33N5O2/c1-4-18-17(13-22-20(23-18)24-8-10-27-11-9-24)19(26)21-12-16-6-5-7-25(14-16)15(2)3/h13,15-16H,4-12,14H2,1-3H3,(H,21,26)/t16-/m0/s1. The molecule has 3 rings (SSSR count). The molecule has 1 N–H and O–H groups in total. The number of nitrogens with zero attached hydrogens (tertiary/aromatic N) is 4. The molecule has 2 saturated heterocycles. The third-order valence-electron chi connectivity index (χ3n) is 5.56. The van der Waals surface area contributed by atoms with Crippen molar-refractivity contribution in [3.8, 4) is 0 Å². The number of carbonyl (C=O) groups excluding carboxylic acids is 1. The third kappa shape index (κ3) is 5.17. The van der Waals surface area contributed by atoms with Crippen molar-refractivity contribution in [1.82, 2.24) is 20.2 Å². The summed E-state index contributed by atoms with van der Waals surface area (Å²) in [4.78, 5) is 26.5. The Hall–Kier alpha value is -1.73. The van der Waals surface area contributed by atoms with Crippen molar-refractivity contribution in [2.24, 2.45) is 5.92 Å². The van der Waals surface area contributed by atoms with Gasteiger partial charge in [-0.15, -0.1) is 0 Å². The van der Waals surface area contributed by atoms with Crippen molar-refractivity contribution >= 4 is 11.9 Å². The average Bonchev–Trinajstić information content (AvgIpc) is 2.72. The smallest absolute Gasteiger partial charge is 0.254 e. The van der Waals surface area contributed by atoms with Gasteiger partial charge in [-0.2, -0.15) is 0 Å². The van der Waals surface area contributed by atoms with Crippen LogP contribution in [0.15, 0.2) is 6.20 Å². The first-order chi connectivity index (χ1) is 13.1. The Morgan fingerprint density at radius 3 is 2.81 bits per heavy atom. The van der Waals surface area contributed by atoms with Gasteiger partial charge < -0.3 is 19.9 Å². The number of amides is 1. The van der Waals surface area contributed by atoms with Crippen LogP contribution in [0, 0.1) is 5.92 Å². The Morgan fingerprint density at radius 1 is 1.33 bits per heavy atom. The number of rotatable bonds is 6. The molecule has 7 heteroatoms. The minimum Gasteiger partial charge on any atom is -0.378 e. The van der Waals surface area contributed by atoms with Gasteiger partial charge >= 0.3 is 0 Å². The first-order valence-corrected chi connectivity index (χ1v) is 10.3. The Morgan fingerprint density at radius 2 is 2.11 bits per heavy atom. The molecule has 0 radical (unpaired) electrons. The largest absolute Gasteiger partial charge is 0.378 e. The van der Waals surface area contributed by atoms with Crippen LogP contribution in [0.4, 0.5) is 5.95 Å². The van der Waals surface area contributed by atoms with E-state index >= 15 is 0 Å². The second kappa shape index (κ2) is 9.46. The molecule has 7 nitrogen and oxygen atoms in total. The number of carbonyl (C=O) groups is 1. The molecule has 2 aliphatic rings. The number of likely N-dealkylation sites (tertiary alicyclic amines) is 1. The van der Waals surface area contributed by atoms with Crippen molar-refractivity contribution in [3.05, 3.63) is 17.5 Å². The number of morpholine rings is 1. The lowest BCUT2D eigenvalue weighted by atomic mass is 9.97. The van der Waals surface area contributed by atoms with Crippen LogP contribution in [0.3, 0.4) is 0 Å². The minimum atomic E-state index is -0.0537. The van der Waals surface area contributed by atoms with Crippen LogP contribution in [0.5, 0.6) is 0 Å². The number of ether oxygens (including phenoxy) is 1. The maximum Gasteiger partial charge on any atom is 0.254 e. The van der Waals surface area contributed by atoms with Gasteiger partial charge in [0.1, 0.15) is 0 Å². The summed E-state index contributed by atoms with van der Waals surface area (Å²) in [6.07, 6.45) is 4.79. The van der Waals surface area contributed by atoms with Crippen molar-refractivity contribution in [2.75, 3.05) is 50.8 Å². The molecule has 1 amide bonds. The van der Waals surface area contributed by atoms with Gasteiger partial charge in [0.2, 0.25) is 5.95 Å². The van der Waals surface area contributed by atoms with E-state index in [4.69, 9.17) is 4.74 Å². The molecule has 0 saturated carbocycles. The van der Waals surface area contributed by atoms with Crippen LogP contribution in [0.1, 0.15) is 49.7 Å². The van der Waals surface area contributed by atoms with Crippen molar-refractivity contribution in [2.45, 2.75) is 46.1 Å². The topological polar surface area (TPSA) is 70.6 Å². The van der Waals surface area contributed by atoms with Gasteiger partial charge in [-0.25, -0.2) is 9.97 Å². The Kier molecular flexibility index (Phi) is 7.01. The SMILES string of the molecule is CCc1nc(N2CCOCC2)ncc1C(=O)NC[C@@H]1CCCN(C(C)C)C1. The van der Waals surface area contributed by atoms with Crippen LogP contribution in [-0.2, 0) is 11.2 Å². The summed E-state index contributed by atoms with van der Waals surface area (Å²) in [6, 6.07) is 0.566. The van der Waals surface area contributed by atoms with E-state index in [9.17, 15) is 4.79 Å². The highest BCUT2D eigenvalue weighted by Gasteiger charge is 2.23. The molecule has 0 bridgehead atoms. The van der Waals surface area contributed by atoms with Crippen molar-refractivity contribution in [1.29, 1.82) is 0 Å². The molecule has 3 heterocycles. The van der Waals surface area contributed by atoms with E-state index in [-0.39, 0.29) is 5.91 Å². The number of anilines is 1. The summed E-state index contributed by atoms with van der Waals surface area (Å²) in [5.74, 6) is 1.16. The average molecular weight is 376 g/mol. The first-order valence-electron chi connectivity index (χ1n) is 10.3. The fraction of sp³-hybridized carbons (Fsp3) is 0.750. The number of aromatic nitrogens is 2. The summed E-state index contributed by atoms with van der Waals surface area (Å²) < 4.78 is 5.39. The second-order valence-corrected chi connectivity index (χ2v) is 7.79. The third-order valence-corrected chi connectivity index (χ3v) is 5.56. The molecule has 0 spiro atoms. The predicted octanol–water partition coefficient (Wildman–Crippen LogP) is 1.73. The van der Waals surface area contributed by atoms with Gasteiger partial charge in [0.05, 0.1) is 24.5 Å². The van der Waals surface area contributed by atoms with Gasteiger partial charge in [-0.1, -0.05) is 6.92 Å². The van der Waals surface area contributed by atoms with Crippen LogP contribution in [0.25, 0.3) is 0 Å². The summed E-state index contributed by atoms with van der Waals surface area (Å²) >= 11 is 0. The van der Waals surface area contributed by atoms with Gasteiger partial charge in [0.25, 0.3) is 5.91 Å². The second-order valence-electron chi connectivity index (χ2n) is 7.79. The van der Waals surface area contributed by atoms with E-state index in [1.165, 1.54) is 19.4 Å². The van der Waals surface area contributed by atoms with E-state index in [1.807, 2.05) is 6.92 Å². The maximum atomic E-state index is 12.7. The number of nitrogens with one attached hydrogen (secondary N) is 1. The van der Waals surface area contributed by atoms with Crippen LogP contribution in [-0.4, -0.2) is 72.8 Å². The van der Waals surface area contributed by atoms with Crippen LogP contribution in [0.2, 0.25) is 0 Å². The normalized spacial score (nSPS) is 21.5. The minimum absolute atomic E-state index is 0.0537. The van der Waals surface area contributed by atoms with Gasteiger partial charge in [-0.3, -0.25) is 4.79 Å². The lowest BCUT2D eigenvalue weighted by Gasteiger charge is -2.35. The number of hydrogen-bond donors (Lipinski definition) is 1. The van der Waals surface area contributed by atoms with E-state index in [2.05, 4.69) is 38.9 Å². The molecule has 2 fully saturated rings. The Balaban J connectivity index is 1.60.